The molecule has 2 heteroatoms. The third kappa shape index (κ3) is 0.298. The molecular weight excluding hydrogens is 112 g/mol. The van der Waals surface area contributed by atoms with Crippen molar-refractivity contribution in [3.63, 3.8) is 0 Å². The van der Waals surface area contributed by atoms with E-state index >= 15 is 0 Å². The molecule has 0 bridgehead atoms. The molecule has 1 heterocycles. The zero-order chi connectivity index (χ0) is 3.98. The van der Waals surface area contributed by atoms with Crippen LogP contribution in [0.25, 0.3) is 0 Å². The van der Waals surface area contributed by atoms with Crippen LogP contribution in [0.3, 0.4) is 0 Å². The summed E-state index contributed by atoms with van der Waals surface area (Å²) in [7, 11) is 4.14. The van der Waals surface area contributed by atoms with E-state index in [0.717, 1.165) is 10.5 Å². The highest BCUT2D eigenvalue weighted by atomic mass is 33.1. The van der Waals surface area contributed by atoms with Gasteiger partial charge in [-0.15, -0.1) is 0 Å². The summed E-state index contributed by atoms with van der Waals surface area (Å²) in [5.74, 6) is 0. The molecule has 0 amide bonds. The van der Waals surface area contributed by atoms with Crippen molar-refractivity contribution in [3.05, 3.63) is 0 Å². The van der Waals surface area contributed by atoms with Gasteiger partial charge in [0.2, 0.25) is 0 Å². The van der Waals surface area contributed by atoms with Crippen LogP contribution in [-0.2, 0) is 0 Å². The fourth-order valence-electron chi connectivity index (χ4n) is 0.748. The monoisotopic (exact) mass is 118 g/mol. The van der Waals surface area contributed by atoms with Crippen molar-refractivity contribution in [1.82, 2.24) is 0 Å². The SMILES string of the molecule is C1CC2SSC12. The van der Waals surface area contributed by atoms with Crippen LogP contribution in [0.15, 0.2) is 0 Å². The summed E-state index contributed by atoms with van der Waals surface area (Å²) < 4.78 is 0. The first-order valence-electron chi connectivity index (χ1n) is 2.29. The highest BCUT2D eigenvalue weighted by Gasteiger charge is 2.40. The van der Waals surface area contributed by atoms with Gasteiger partial charge in [-0.3, -0.25) is 0 Å². The van der Waals surface area contributed by atoms with Crippen LogP contribution in [0.4, 0.5) is 0 Å². The molecule has 1 saturated heterocycles. The Morgan fingerprint density at radius 3 is 1.50 bits per heavy atom. The van der Waals surface area contributed by atoms with E-state index in [1.165, 1.54) is 12.8 Å². The Labute approximate surface area is 45.5 Å². The van der Waals surface area contributed by atoms with Gasteiger partial charge in [-0.1, -0.05) is 21.6 Å². The summed E-state index contributed by atoms with van der Waals surface area (Å²) in [4.78, 5) is 0. The van der Waals surface area contributed by atoms with Crippen molar-refractivity contribution in [2.75, 3.05) is 0 Å². The molecule has 34 valence electrons. The molecule has 2 aliphatic rings. The number of fused-ring (bicyclic) bond motifs is 1. The number of hydrogen-bond donors (Lipinski definition) is 0. The molecule has 6 heavy (non-hydrogen) atoms. The van der Waals surface area contributed by atoms with E-state index in [0.29, 0.717) is 0 Å². The lowest BCUT2D eigenvalue weighted by Crippen LogP contribution is -2.36. The molecule has 0 aromatic rings. The molecule has 1 aliphatic heterocycles. The molecule has 0 radical (unpaired) electrons. The summed E-state index contributed by atoms with van der Waals surface area (Å²) >= 11 is 0. The molecule has 0 N–H and O–H groups in total. The van der Waals surface area contributed by atoms with Gasteiger partial charge in [-0.25, -0.2) is 0 Å². The molecule has 0 aromatic carbocycles. The summed E-state index contributed by atoms with van der Waals surface area (Å²) in [5.41, 5.74) is 0. The Kier molecular flexibility index (Phi) is 0.673. The second kappa shape index (κ2) is 1.10. The van der Waals surface area contributed by atoms with Crippen LogP contribution in [0.2, 0.25) is 0 Å². The summed E-state index contributed by atoms with van der Waals surface area (Å²) in [6.45, 7) is 0. The van der Waals surface area contributed by atoms with E-state index in [4.69, 9.17) is 0 Å². The molecule has 0 spiro atoms. The predicted molar refractivity (Wildman–Crippen MR) is 32.0 cm³/mol. The minimum atomic E-state index is 1.09. The lowest BCUT2D eigenvalue weighted by molar-refractivity contribution is 0.535. The van der Waals surface area contributed by atoms with E-state index in [9.17, 15) is 0 Å². The first kappa shape index (κ1) is 3.67. The number of rotatable bonds is 0. The maximum Gasteiger partial charge on any atom is 0.0279 e. The van der Waals surface area contributed by atoms with Gasteiger partial charge in [0.1, 0.15) is 0 Å². The Balaban J connectivity index is 2.03. The fraction of sp³-hybridized carbons (Fsp3) is 1.00. The van der Waals surface area contributed by atoms with E-state index in [-0.39, 0.29) is 0 Å². The average molecular weight is 118 g/mol. The number of hydrogen-bond acceptors (Lipinski definition) is 2. The third-order valence-electron chi connectivity index (χ3n) is 1.45. The highest BCUT2D eigenvalue weighted by Crippen LogP contribution is 2.58. The van der Waals surface area contributed by atoms with Crippen LogP contribution < -0.4 is 0 Å². The minimum Gasteiger partial charge on any atom is -0.0892 e. The molecule has 2 fully saturated rings. The molecule has 1 saturated carbocycles. The van der Waals surface area contributed by atoms with Crippen molar-refractivity contribution < 1.29 is 0 Å². The van der Waals surface area contributed by atoms with Gasteiger partial charge in [-0.2, -0.15) is 0 Å². The lowest BCUT2D eigenvalue weighted by Gasteiger charge is -2.43. The Bertz CT molecular complexity index is 53.9. The Hall–Kier alpha value is 0.700. The van der Waals surface area contributed by atoms with E-state index < -0.39 is 0 Å². The van der Waals surface area contributed by atoms with Gasteiger partial charge in [0, 0.05) is 10.5 Å². The molecule has 2 atom stereocenters. The van der Waals surface area contributed by atoms with E-state index in [2.05, 4.69) is 21.6 Å². The molecule has 0 aromatic heterocycles. The third-order valence-corrected chi connectivity index (χ3v) is 5.18. The maximum atomic E-state index is 2.07. The minimum absolute atomic E-state index is 1.09. The molecular formula is C4H6S2. The zero-order valence-electron chi connectivity index (χ0n) is 3.39. The normalized spacial score (nSPS) is 52.0. The molecule has 1 aliphatic carbocycles. The predicted octanol–water partition coefficient (Wildman–Crippen LogP) is 1.91. The second-order valence-electron chi connectivity index (χ2n) is 1.85. The van der Waals surface area contributed by atoms with Crippen molar-refractivity contribution in [2.24, 2.45) is 0 Å². The average Bonchev–Trinajstić information content (AvgIpc) is 1.54. The molecule has 2 rings (SSSR count). The zero-order valence-corrected chi connectivity index (χ0v) is 5.02. The van der Waals surface area contributed by atoms with Gasteiger partial charge in [0.15, 0.2) is 0 Å². The summed E-state index contributed by atoms with van der Waals surface area (Å²) in [6.07, 6.45) is 3.00. The van der Waals surface area contributed by atoms with Crippen molar-refractivity contribution in [1.29, 1.82) is 0 Å². The highest BCUT2D eigenvalue weighted by molar-refractivity contribution is 8.80. The largest absolute Gasteiger partial charge is 0.0892 e. The van der Waals surface area contributed by atoms with Crippen LogP contribution in [0.1, 0.15) is 12.8 Å². The Morgan fingerprint density at radius 1 is 1.00 bits per heavy atom. The first-order valence-corrected chi connectivity index (χ1v) is 4.56. The smallest absolute Gasteiger partial charge is 0.0279 e. The quantitative estimate of drug-likeness (QED) is 0.446. The molecule has 0 nitrogen and oxygen atoms in total. The first-order chi connectivity index (χ1) is 2.97. The van der Waals surface area contributed by atoms with Crippen LogP contribution in [-0.4, -0.2) is 10.5 Å². The Morgan fingerprint density at radius 2 is 1.50 bits per heavy atom. The van der Waals surface area contributed by atoms with Gasteiger partial charge >= 0.3 is 0 Å². The van der Waals surface area contributed by atoms with E-state index in [1.807, 2.05) is 0 Å². The lowest BCUT2D eigenvalue weighted by atomic mass is 9.99. The maximum absolute atomic E-state index is 2.07. The van der Waals surface area contributed by atoms with Crippen LogP contribution >= 0.6 is 21.6 Å². The molecule has 2 unspecified atom stereocenters. The second-order valence-corrected chi connectivity index (χ2v) is 4.60. The van der Waals surface area contributed by atoms with Gasteiger partial charge in [-0.05, 0) is 12.8 Å². The van der Waals surface area contributed by atoms with Crippen LogP contribution in [0, 0.1) is 0 Å². The van der Waals surface area contributed by atoms with Gasteiger partial charge < -0.3 is 0 Å². The van der Waals surface area contributed by atoms with Gasteiger partial charge in [0.25, 0.3) is 0 Å². The summed E-state index contributed by atoms with van der Waals surface area (Å²) in [6, 6.07) is 0. The van der Waals surface area contributed by atoms with Crippen LogP contribution in [0.5, 0.6) is 0 Å². The van der Waals surface area contributed by atoms with Crippen molar-refractivity contribution in [2.45, 2.75) is 23.3 Å². The standard InChI is InChI=1S/C4H6S2/c1-2-4-3(1)5-6-4/h3-4H,1-2H2. The fourth-order valence-corrected chi connectivity index (χ4v) is 3.76. The summed E-state index contributed by atoms with van der Waals surface area (Å²) in [5, 5.41) is 2.19. The van der Waals surface area contributed by atoms with E-state index in [1.54, 1.807) is 0 Å². The van der Waals surface area contributed by atoms with Crippen molar-refractivity contribution >= 4 is 21.6 Å². The van der Waals surface area contributed by atoms with Crippen molar-refractivity contribution in [3.8, 4) is 0 Å². The van der Waals surface area contributed by atoms with Gasteiger partial charge in [0.05, 0.1) is 0 Å². The topological polar surface area (TPSA) is 0 Å².